The summed E-state index contributed by atoms with van der Waals surface area (Å²) in [6.45, 7) is 5.90. The number of nitrogens with one attached hydrogen (secondary N) is 1. The SMILES string of the molecule is CC(C)(C)OC(=O)NCCCC#Cc1cc(Cl)c(C=O)cc1Cl. The van der Waals surface area contributed by atoms with Crippen LogP contribution in [0.5, 0.6) is 0 Å². The summed E-state index contributed by atoms with van der Waals surface area (Å²) in [6, 6.07) is 3.06. The average molecular weight is 356 g/mol. The molecule has 124 valence electrons. The number of carbonyl (C=O) groups is 2. The molecule has 0 unspecified atom stereocenters. The second-order valence-electron chi connectivity index (χ2n) is 5.81. The fourth-order valence-electron chi connectivity index (χ4n) is 1.59. The molecule has 23 heavy (non-hydrogen) atoms. The van der Waals surface area contributed by atoms with Gasteiger partial charge in [-0.2, -0.15) is 0 Å². The van der Waals surface area contributed by atoms with Crippen molar-refractivity contribution in [1.29, 1.82) is 0 Å². The van der Waals surface area contributed by atoms with Gasteiger partial charge in [0, 0.05) is 24.1 Å². The van der Waals surface area contributed by atoms with Gasteiger partial charge in [-0.15, -0.1) is 0 Å². The first kappa shape index (κ1) is 19.3. The number of halogens is 2. The maximum atomic E-state index is 11.4. The van der Waals surface area contributed by atoms with Crippen LogP contribution in [0.25, 0.3) is 0 Å². The molecule has 0 heterocycles. The largest absolute Gasteiger partial charge is 0.444 e. The van der Waals surface area contributed by atoms with E-state index in [1.54, 1.807) is 6.07 Å². The third kappa shape index (κ3) is 7.40. The molecule has 0 radical (unpaired) electrons. The van der Waals surface area contributed by atoms with Gasteiger partial charge in [-0.1, -0.05) is 35.0 Å². The number of rotatable bonds is 4. The zero-order chi connectivity index (χ0) is 17.5. The Hall–Kier alpha value is -1.70. The molecule has 1 N–H and O–H groups in total. The topological polar surface area (TPSA) is 55.4 Å². The molecule has 0 aromatic heterocycles. The molecular weight excluding hydrogens is 337 g/mol. The summed E-state index contributed by atoms with van der Waals surface area (Å²) in [5.74, 6) is 5.86. The van der Waals surface area contributed by atoms with E-state index < -0.39 is 11.7 Å². The average Bonchev–Trinajstić information content (AvgIpc) is 2.43. The summed E-state index contributed by atoms with van der Waals surface area (Å²) < 4.78 is 5.12. The molecule has 0 atom stereocenters. The van der Waals surface area contributed by atoms with Crippen LogP contribution >= 0.6 is 23.2 Å². The molecule has 0 bridgehead atoms. The number of benzene rings is 1. The van der Waals surface area contributed by atoms with Crippen LogP contribution in [-0.4, -0.2) is 24.5 Å². The van der Waals surface area contributed by atoms with E-state index in [2.05, 4.69) is 17.2 Å². The van der Waals surface area contributed by atoms with Gasteiger partial charge in [0.25, 0.3) is 0 Å². The van der Waals surface area contributed by atoms with E-state index >= 15 is 0 Å². The molecule has 0 spiro atoms. The zero-order valence-corrected chi connectivity index (χ0v) is 14.8. The molecule has 1 aromatic carbocycles. The van der Waals surface area contributed by atoms with Crippen molar-refractivity contribution >= 4 is 35.6 Å². The standard InChI is InChI=1S/C17H19Cl2NO3/c1-17(2,3)23-16(22)20-8-6-4-5-7-12-9-15(19)13(11-21)10-14(12)18/h9-11H,4,6,8H2,1-3H3,(H,20,22). The van der Waals surface area contributed by atoms with E-state index in [1.165, 1.54) is 6.07 Å². The van der Waals surface area contributed by atoms with Crippen LogP contribution in [0, 0.1) is 11.8 Å². The number of alkyl carbamates (subject to hydrolysis) is 1. The van der Waals surface area contributed by atoms with E-state index in [9.17, 15) is 9.59 Å². The normalized spacial score (nSPS) is 10.5. The Labute approximate surface area is 146 Å². The first-order chi connectivity index (χ1) is 10.7. The lowest BCUT2D eigenvalue weighted by Crippen LogP contribution is -2.32. The number of amides is 1. The molecular formula is C17H19Cl2NO3. The van der Waals surface area contributed by atoms with Crippen LogP contribution in [0.15, 0.2) is 12.1 Å². The number of carbonyl (C=O) groups excluding carboxylic acids is 2. The molecule has 1 aromatic rings. The molecule has 0 aliphatic rings. The van der Waals surface area contributed by atoms with Gasteiger partial charge in [0.1, 0.15) is 5.60 Å². The Bertz CT molecular complexity index is 640. The Morgan fingerprint density at radius 2 is 2.00 bits per heavy atom. The quantitative estimate of drug-likeness (QED) is 0.492. The van der Waals surface area contributed by atoms with Crippen molar-refractivity contribution in [2.75, 3.05) is 6.54 Å². The molecule has 6 heteroatoms. The first-order valence-corrected chi connectivity index (χ1v) is 7.88. The number of hydrogen-bond donors (Lipinski definition) is 1. The minimum absolute atomic E-state index is 0.320. The molecule has 0 saturated carbocycles. The second kappa shape index (κ2) is 8.81. The van der Waals surface area contributed by atoms with E-state index in [-0.39, 0.29) is 0 Å². The van der Waals surface area contributed by atoms with Crippen molar-refractivity contribution in [3.63, 3.8) is 0 Å². The Kier molecular flexibility index (Phi) is 7.41. The molecule has 1 rings (SSSR count). The first-order valence-electron chi connectivity index (χ1n) is 7.13. The predicted octanol–water partition coefficient (Wildman–Crippen LogP) is 4.46. The van der Waals surface area contributed by atoms with Crippen molar-refractivity contribution in [3.05, 3.63) is 33.3 Å². The maximum absolute atomic E-state index is 11.4. The van der Waals surface area contributed by atoms with Gasteiger partial charge >= 0.3 is 6.09 Å². The number of unbranched alkanes of at least 4 members (excludes halogenated alkanes) is 1. The van der Waals surface area contributed by atoms with E-state index in [0.717, 1.165) is 0 Å². The van der Waals surface area contributed by atoms with Crippen molar-refractivity contribution in [1.82, 2.24) is 5.32 Å². The highest BCUT2D eigenvalue weighted by molar-refractivity contribution is 6.35. The Balaban J connectivity index is 2.43. The lowest BCUT2D eigenvalue weighted by molar-refractivity contribution is 0.0527. The van der Waals surface area contributed by atoms with Crippen LogP contribution < -0.4 is 5.32 Å². The molecule has 4 nitrogen and oxygen atoms in total. The summed E-state index contributed by atoms with van der Waals surface area (Å²) in [6.07, 6.45) is 1.47. The maximum Gasteiger partial charge on any atom is 0.407 e. The lowest BCUT2D eigenvalue weighted by atomic mass is 10.1. The van der Waals surface area contributed by atoms with Gasteiger partial charge in [0.05, 0.1) is 10.0 Å². The highest BCUT2D eigenvalue weighted by Crippen LogP contribution is 2.23. The van der Waals surface area contributed by atoms with Crippen molar-refractivity contribution in [2.45, 2.75) is 39.2 Å². The number of ether oxygens (including phenoxy) is 1. The third-order valence-corrected chi connectivity index (χ3v) is 3.22. The van der Waals surface area contributed by atoms with E-state index in [4.69, 9.17) is 27.9 Å². The van der Waals surface area contributed by atoms with Gasteiger partial charge in [0.2, 0.25) is 0 Å². The monoisotopic (exact) mass is 355 g/mol. The van der Waals surface area contributed by atoms with Crippen LogP contribution in [0.3, 0.4) is 0 Å². The second-order valence-corrected chi connectivity index (χ2v) is 6.62. The minimum Gasteiger partial charge on any atom is -0.444 e. The van der Waals surface area contributed by atoms with Crippen LogP contribution in [-0.2, 0) is 4.74 Å². The van der Waals surface area contributed by atoms with Crippen molar-refractivity contribution < 1.29 is 14.3 Å². The van der Waals surface area contributed by atoms with E-state index in [1.807, 2.05) is 20.8 Å². The van der Waals surface area contributed by atoms with Crippen LogP contribution in [0.4, 0.5) is 4.79 Å². The van der Waals surface area contributed by atoms with Crippen LogP contribution in [0.2, 0.25) is 10.0 Å². The highest BCUT2D eigenvalue weighted by atomic mass is 35.5. The summed E-state index contributed by atoms with van der Waals surface area (Å²) in [5.41, 5.74) is 0.402. The molecule has 0 saturated heterocycles. The fourth-order valence-corrected chi connectivity index (χ4v) is 2.02. The fraction of sp³-hybridized carbons (Fsp3) is 0.412. The number of hydrogen-bond acceptors (Lipinski definition) is 3. The van der Waals surface area contributed by atoms with E-state index in [0.29, 0.717) is 46.8 Å². The summed E-state index contributed by atoms with van der Waals surface area (Å²) >= 11 is 12.0. The summed E-state index contributed by atoms with van der Waals surface area (Å²) in [7, 11) is 0. The smallest absolute Gasteiger partial charge is 0.407 e. The van der Waals surface area contributed by atoms with Crippen molar-refractivity contribution in [2.24, 2.45) is 0 Å². The summed E-state index contributed by atoms with van der Waals surface area (Å²) in [5, 5.41) is 3.36. The van der Waals surface area contributed by atoms with Gasteiger partial charge in [-0.25, -0.2) is 4.79 Å². The minimum atomic E-state index is -0.506. The molecule has 0 fully saturated rings. The van der Waals surface area contributed by atoms with Gasteiger partial charge in [-0.05, 0) is 39.3 Å². The van der Waals surface area contributed by atoms with Crippen molar-refractivity contribution in [3.8, 4) is 11.8 Å². The van der Waals surface area contributed by atoms with Gasteiger partial charge in [-0.3, -0.25) is 4.79 Å². The highest BCUT2D eigenvalue weighted by Gasteiger charge is 2.15. The Morgan fingerprint density at radius 3 is 2.61 bits per heavy atom. The Morgan fingerprint density at radius 1 is 1.30 bits per heavy atom. The molecule has 0 aliphatic carbocycles. The number of aldehydes is 1. The molecule has 0 aliphatic heterocycles. The molecule has 1 amide bonds. The van der Waals surface area contributed by atoms with Gasteiger partial charge in [0.15, 0.2) is 6.29 Å². The lowest BCUT2D eigenvalue weighted by Gasteiger charge is -2.19. The zero-order valence-electron chi connectivity index (χ0n) is 13.3. The van der Waals surface area contributed by atoms with Crippen LogP contribution in [0.1, 0.15) is 49.5 Å². The predicted molar refractivity (Wildman–Crippen MR) is 92.2 cm³/mol. The van der Waals surface area contributed by atoms with Gasteiger partial charge < -0.3 is 10.1 Å². The summed E-state index contributed by atoms with van der Waals surface area (Å²) in [4.78, 5) is 22.2. The third-order valence-electron chi connectivity index (χ3n) is 2.58.